The molecule has 1 aliphatic heterocycles. The number of halogens is 4. The first kappa shape index (κ1) is 110. The molecule has 0 unspecified atom stereocenters. The third-order valence-corrected chi connectivity index (χ3v) is 28.5. The second-order valence-corrected chi connectivity index (χ2v) is 39.3. The number of nitrogens with two attached hydrogens (primary N) is 1. The van der Waals surface area contributed by atoms with Crippen molar-refractivity contribution < 1.29 is 61.5 Å². The molecule has 710 valence electrons. The van der Waals surface area contributed by atoms with Gasteiger partial charge in [-0.1, -0.05) is 102 Å². The minimum Gasteiger partial charge on any atom is -0.481 e. The summed E-state index contributed by atoms with van der Waals surface area (Å²) < 4.78 is 97.7. The number of nitrogens with zero attached hydrogens (tertiary/aromatic N) is 13. The molecule has 0 amide bonds. The molecule has 131 heavy (non-hydrogen) atoms. The van der Waals surface area contributed by atoms with Gasteiger partial charge in [0, 0.05) is 122 Å². The molecule has 3 aliphatic carbocycles. The molecule has 32 nitrogen and oxygen atoms in total. The van der Waals surface area contributed by atoms with E-state index in [1.807, 2.05) is 30.6 Å². The number of nitro groups is 1. The summed E-state index contributed by atoms with van der Waals surface area (Å²) in [5.41, 5.74) is 21.8. The summed E-state index contributed by atoms with van der Waals surface area (Å²) in [5.74, 6) is 1.52. The minimum atomic E-state index is -3.65. The van der Waals surface area contributed by atoms with Crippen molar-refractivity contribution >= 4 is 130 Å². The van der Waals surface area contributed by atoms with Crippen LogP contribution in [0.4, 0.5) is 17.6 Å². The average Bonchev–Trinajstić information content (AvgIpc) is 0.828. The van der Waals surface area contributed by atoms with E-state index in [1.165, 1.54) is 116 Å². The summed E-state index contributed by atoms with van der Waals surface area (Å²) in [6.07, 6.45) is 35.7. The molecule has 3 saturated carbocycles. The number of nitro benzene ring substituents is 1. The maximum absolute atomic E-state index is 12.8. The summed E-state index contributed by atoms with van der Waals surface area (Å²) >= 11 is 27.8. The lowest BCUT2D eigenvalue weighted by molar-refractivity contribution is -0.387. The Labute approximate surface area is 795 Å². The van der Waals surface area contributed by atoms with Crippen molar-refractivity contribution in [2.75, 3.05) is 87.5 Å². The Morgan fingerprint density at radius 2 is 0.824 bits per heavy atom. The summed E-state index contributed by atoms with van der Waals surface area (Å²) in [4.78, 5) is 56.2. The average molecular weight is 1960 g/mol. The van der Waals surface area contributed by atoms with Crippen LogP contribution >= 0.6 is 59.0 Å². The molecular weight excluding hydrogens is 1840 g/mol. The van der Waals surface area contributed by atoms with Crippen molar-refractivity contribution in [3.63, 3.8) is 0 Å². The van der Waals surface area contributed by atoms with Crippen molar-refractivity contribution in [3.8, 4) is 17.6 Å². The van der Waals surface area contributed by atoms with Gasteiger partial charge in [-0.3, -0.25) is 10.1 Å². The number of rotatable bonds is 27. The van der Waals surface area contributed by atoms with Crippen molar-refractivity contribution in [1.29, 1.82) is 11.1 Å². The first-order valence-corrected chi connectivity index (χ1v) is 48.7. The zero-order chi connectivity index (χ0) is 93.6. The number of anilines is 2. The van der Waals surface area contributed by atoms with Crippen molar-refractivity contribution in [2.24, 2.45) is 5.73 Å². The van der Waals surface area contributed by atoms with E-state index in [1.54, 1.807) is 134 Å². The maximum Gasteiger partial charge on any atom is 0.282 e. The molecule has 0 atom stereocenters. The Morgan fingerprint density at radius 1 is 0.481 bits per heavy atom. The van der Waals surface area contributed by atoms with E-state index in [2.05, 4.69) is 125 Å². The number of pyridine rings is 3. The number of benzene rings is 4. The molecule has 7 heterocycles. The SMILES string of the molecule is C1CCOC1.CN(C)C1CCC(N)CC1.COc1nc(CS(=O)(=O)c2ccccc2Cl)ccc1/C=C/c1cnc(Cl)nc1.COc1nc(CS(=O)(=O)c2ccccc2Cl)ccc1/C=C/c1cnc(NC2CCC(N(C)C)CC2)nc1.COc1nc(CS(=O)(=O)c2ccccc2Cl)ccc1CCc1cnc(NC2CCC(N(C)C)CC2)nc1.N=N.O.O.O=[N+]([O-])c1ccccc1S.[HH]. The molecule has 0 radical (unpaired) electrons. The van der Waals surface area contributed by atoms with Crippen LogP contribution < -0.4 is 30.6 Å². The summed E-state index contributed by atoms with van der Waals surface area (Å²) in [6.45, 7) is 2.00. The number of aryl methyl sites for hydroxylation is 2. The molecule has 14 rings (SSSR count). The highest BCUT2D eigenvalue weighted by Crippen LogP contribution is 2.33. The molecule has 4 aliphatic rings. The van der Waals surface area contributed by atoms with Gasteiger partial charge in [-0.2, -0.15) is 0 Å². The monoisotopic (exact) mass is 1960 g/mol. The number of methoxy groups -OCH3 is 3. The molecule has 40 heteroatoms. The minimum absolute atomic E-state index is 0. The largest absolute Gasteiger partial charge is 0.481 e. The number of hydrogen-bond donors (Lipinski definition) is 6. The van der Waals surface area contributed by atoms with Crippen LogP contribution in [-0.4, -0.2) is 214 Å². The van der Waals surface area contributed by atoms with Crippen LogP contribution in [0.5, 0.6) is 17.6 Å². The smallest absolute Gasteiger partial charge is 0.282 e. The molecule has 0 bridgehead atoms. The molecular formula is C91H120Cl4N18O14S4. The van der Waals surface area contributed by atoms with Gasteiger partial charge in [0.05, 0.1) is 95.2 Å². The predicted molar refractivity (Wildman–Crippen MR) is 522 cm³/mol. The number of ether oxygens (including phenoxy) is 4. The normalized spacial score (nSPS) is 17.1. The van der Waals surface area contributed by atoms with Crippen LogP contribution in [0.15, 0.2) is 190 Å². The topological polar surface area (TPSA) is 469 Å². The Morgan fingerprint density at radius 3 is 1.17 bits per heavy atom. The number of hydrogen-bond acceptors (Lipinski definition) is 30. The van der Waals surface area contributed by atoms with Gasteiger partial charge < -0.3 is 61.0 Å². The van der Waals surface area contributed by atoms with Crippen LogP contribution in [0.3, 0.4) is 0 Å². The Hall–Kier alpha value is -9.87. The van der Waals surface area contributed by atoms with Gasteiger partial charge in [0.15, 0.2) is 29.5 Å². The quantitative estimate of drug-likeness (QED) is 0.00915. The van der Waals surface area contributed by atoms with Gasteiger partial charge in [-0.25, -0.2) is 81.2 Å². The number of thiol groups is 1. The third kappa shape index (κ3) is 35.9. The van der Waals surface area contributed by atoms with Crippen LogP contribution in [0.25, 0.3) is 24.3 Å². The van der Waals surface area contributed by atoms with Crippen molar-refractivity contribution in [2.45, 2.75) is 176 Å². The van der Waals surface area contributed by atoms with Crippen LogP contribution in [0.2, 0.25) is 20.4 Å². The van der Waals surface area contributed by atoms with E-state index in [9.17, 15) is 35.4 Å². The maximum atomic E-state index is 12.8. The third-order valence-electron chi connectivity index (χ3n) is 21.5. The lowest BCUT2D eigenvalue weighted by Gasteiger charge is -2.32. The second-order valence-electron chi connectivity index (χ2n) is 31.4. The molecule has 10 N–H and O–H groups in total. The van der Waals surface area contributed by atoms with Crippen LogP contribution in [0.1, 0.15) is 142 Å². The molecule has 10 aromatic rings. The van der Waals surface area contributed by atoms with E-state index >= 15 is 0 Å². The second kappa shape index (κ2) is 55.6. The number of sulfone groups is 3. The highest BCUT2D eigenvalue weighted by atomic mass is 35.5. The fourth-order valence-corrected chi connectivity index (χ4v) is 20.2. The zero-order valence-electron chi connectivity index (χ0n) is 74.8. The highest BCUT2D eigenvalue weighted by molar-refractivity contribution is 7.91. The van der Waals surface area contributed by atoms with Gasteiger partial charge in [-0.15, -0.1) is 12.6 Å². The lowest BCUT2D eigenvalue weighted by Crippen LogP contribution is -2.36. The van der Waals surface area contributed by atoms with E-state index in [0.29, 0.717) is 106 Å². The van der Waals surface area contributed by atoms with Crippen molar-refractivity contribution in [3.05, 3.63) is 252 Å². The van der Waals surface area contributed by atoms with E-state index in [-0.39, 0.29) is 70.4 Å². The van der Waals surface area contributed by atoms with Gasteiger partial charge >= 0.3 is 0 Å². The number of nitrogens with one attached hydrogen (secondary N) is 4. The standard InChI is InChI=1S/C27H34ClN5O3S.C27H32ClN5O3S.C19H15Cl2N3O3S.C8H18N2.C6H5NO2S.C4H8O.H2N2.2H2O.H2/c2*1-33(2)23-14-12-21(13-15-23)32-27-29-16-19(17-30-27)8-9-20-10-11-22(31-26(20)36-3)18-37(34,35)25-7-5-4-6-24(25)28;1-27-18-14(7-6-13-10-22-19(21)23-11-13)8-9-15(24-18)12-28(25,26)17-5-3-2-4-16(17)20;1-10(2)8-5-3-7(9)4-6-8;8-7(9)5-3-1-2-4-6(5)10;1-2-4-5-3-1;1-2;;;/h4-7,10-11,16-17,21,23H,8-9,12-15,18H2,1-3H3,(H,29,30,32);4-11,16-17,21,23H,12-15,18H2,1-3H3,(H,29,30,32);2-11H,12H2,1H3;7-8H,3-6,9H2,1-2H3;1-4,10H;1-4H2;1-2H;2*1H2;1H/b;9-8+;7-6+;;;;;;;. The predicted octanol–water partition coefficient (Wildman–Crippen LogP) is 16.6. The van der Waals surface area contributed by atoms with Crippen LogP contribution in [-0.2, 0) is 64.3 Å². The first-order valence-electron chi connectivity index (χ1n) is 41.8. The zero-order valence-corrected chi connectivity index (χ0v) is 81.1. The van der Waals surface area contributed by atoms with E-state index in [0.717, 1.165) is 67.2 Å². The van der Waals surface area contributed by atoms with Gasteiger partial charge in [-0.05, 0) is 247 Å². The molecule has 6 aromatic heterocycles. The van der Waals surface area contributed by atoms with Gasteiger partial charge in [0.25, 0.3) is 5.69 Å². The number of para-hydroxylation sites is 1. The summed E-state index contributed by atoms with van der Waals surface area (Å²) in [7, 11) is 6.46. The fraction of sp³-hybridized carbons (Fsp3) is 0.396. The lowest BCUT2D eigenvalue weighted by atomic mass is 9.91. The fourth-order valence-electron chi connectivity index (χ4n) is 14.3. The molecule has 4 fully saturated rings. The first-order chi connectivity index (χ1) is 61.8. The van der Waals surface area contributed by atoms with Crippen LogP contribution in [0, 0.1) is 21.2 Å². The van der Waals surface area contributed by atoms with Gasteiger partial charge in [0.2, 0.25) is 34.8 Å². The van der Waals surface area contributed by atoms with E-state index < -0.39 is 34.4 Å². The summed E-state index contributed by atoms with van der Waals surface area (Å²) in [6, 6.07) is 39.2. The molecule has 1 saturated heterocycles. The summed E-state index contributed by atoms with van der Waals surface area (Å²) in [5, 5.41) is 17.8. The Bertz CT molecular complexity index is 5610. The molecule has 4 aromatic carbocycles. The number of aromatic nitrogens is 9. The highest BCUT2D eigenvalue weighted by Gasteiger charge is 2.28. The Balaban J connectivity index is 0.000000304. The Kier molecular flexibility index (Phi) is 46.6. The van der Waals surface area contributed by atoms with E-state index in [4.69, 9.17) is 82.1 Å². The molecule has 0 spiro atoms. The van der Waals surface area contributed by atoms with Crippen molar-refractivity contribution in [1.82, 2.24) is 59.6 Å². The van der Waals surface area contributed by atoms with Gasteiger partial charge in [0.1, 0.15) is 0 Å².